The summed E-state index contributed by atoms with van der Waals surface area (Å²) < 4.78 is 37.6. The van der Waals surface area contributed by atoms with Gasteiger partial charge in [0.25, 0.3) is 0 Å². The lowest BCUT2D eigenvalue weighted by Crippen LogP contribution is -2.39. The SMILES string of the molecule is O=C(O)[C@H]1CCCN(c2cc(C(F)(F)F)ncn2)C1. The van der Waals surface area contributed by atoms with E-state index in [0.29, 0.717) is 19.4 Å². The van der Waals surface area contributed by atoms with E-state index in [1.807, 2.05) is 0 Å². The Balaban J connectivity index is 2.20. The van der Waals surface area contributed by atoms with Gasteiger partial charge in [0.2, 0.25) is 0 Å². The standard InChI is InChI=1S/C11H12F3N3O2/c12-11(13,14)8-4-9(16-6-15-8)17-3-1-2-7(5-17)10(18)19/h4,6-7H,1-3,5H2,(H,18,19)/t7-/m0/s1. The number of piperidine rings is 1. The first-order valence-corrected chi connectivity index (χ1v) is 5.75. The maximum Gasteiger partial charge on any atom is 0.433 e. The number of hydrogen-bond donors (Lipinski definition) is 1. The number of nitrogens with zero attached hydrogens (tertiary/aromatic N) is 3. The van der Waals surface area contributed by atoms with Crippen molar-refractivity contribution in [1.82, 2.24) is 9.97 Å². The summed E-state index contributed by atoms with van der Waals surface area (Å²) in [5.74, 6) is -1.39. The van der Waals surface area contributed by atoms with Gasteiger partial charge in [-0.05, 0) is 12.8 Å². The number of hydrogen-bond acceptors (Lipinski definition) is 4. The third-order valence-electron chi connectivity index (χ3n) is 3.04. The second-order valence-electron chi connectivity index (χ2n) is 4.38. The van der Waals surface area contributed by atoms with Crippen molar-refractivity contribution in [3.63, 3.8) is 0 Å². The fourth-order valence-corrected chi connectivity index (χ4v) is 2.06. The van der Waals surface area contributed by atoms with E-state index in [1.54, 1.807) is 4.90 Å². The van der Waals surface area contributed by atoms with Crippen LogP contribution in [0, 0.1) is 5.92 Å². The number of aliphatic carboxylic acids is 1. The number of aromatic nitrogens is 2. The quantitative estimate of drug-likeness (QED) is 0.891. The van der Waals surface area contributed by atoms with E-state index >= 15 is 0 Å². The third-order valence-corrected chi connectivity index (χ3v) is 3.04. The predicted molar refractivity (Wildman–Crippen MR) is 59.6 cm³/mol. The van der Waals surface area contributed by atoms with Gasteiger partial charge in [-0.25, -0.2) is 9.97 Å². The Labute approximate surface area is 107 Å². The minimum Gasteiger partial charge on any atom is -0.481 e. The fourth-order valence-electron chi connectivity index (χ4n) is 2.06. The second kappa shape index (κ2) is 5.02. The zero-order valence-electron chi connectivity index (χ0n) is 9.89. The zero-order chi connectivity index (χ0) is 14.0. The van der Waals surface area contributed by atoms with Crippen molar-refractivity contribution in [3.05, 3.63) is 18.1 Å². The normalized spacial score (nSPS) is 20.4. The van der Waals surface area contributed by atoms with Crippen molar-refractivity contribution in [2.45, 2.75) is 19.0 Å². The molecule has 8 heteroatoms. The second-order valence-corrected chi connectivity index (χ2v) is 4.38. The van der Waals surface area contributed by atoms with Crippen LogP contribution in [0.15, 0.2) is 12.4 Å². The molecule has 2 heterocycles. The number of anilines is 1. The van der Waals surface area contributed by atoms with E-state index in [-0.39, 0.29) is 12.4 Å². The lowest BCUT2D eigenvalue weighted by molar-refractivity contribution is -0.142. The lowest BCUT2D eigenvalue weighted by Gasteiger charge is -2.31. The maximum absolute atomic E-state index is 12.5. The molecule has 1 aromatic rings. The molecule has 2 rings (SSSR count). The molecule has 104 valence electrons. The Morgan fingerprint density at radius 1 is 1.42 bits per heavy atom. The van der Waals surface area contributed by atoms with Gasteiger partial charge in [-0.3, -0.25) is 4.79 Å². The summed E-state index contributed by atoms with van der Waals surface area (Å²) in [6, 6.07) is 0.851. The highest BCUT2D eigenvalue weighted by Gasteiger charge is 2.34. The number of carbonyl (C=O) groups is 1. The Morgan fingerprint density at radius 3 is 2.79 bits per heavy atom. The average molecular weight is 275 g/mol. The van der Waals surface area contributed by atoms with E-state index < -0.39 is 23.8 Å². The van der Waals surface area contributed by atoms with Crippen molar-refractivity contribution in [3.8, 4) is 0 Å². The van der Waals surface area contributed by atoms with Crippen LogP contribution >= 0.6 is 0 Å². The van der Waals surface area contributed by atoms with Gasteiger partial charge in [-0.15, -0.1) is 0 Å². The molecule has 0 radical (unpaired) electrons. The van der Waals surface area contributed by atoms with Gasteiger partial charge >= 0.3 is 12.1 Å². The van der Waals surface area contributed by atoms with Gasteiger partial charge in [0, 0.05) is 19.2 Å². The molecule has 0 bridgehead atoms. The molecule has 1 saturated heterocycles. The van der Waals surface area contributed by atoms with E-state index in [9.17, 15) is 18.0 Å². The molecule has 0 aliphatic carbocycles. The van der Waals surface area contributed by atoms with E-state index in [0.717, 1.165) is 12.4 Å². The van der Waals surface area contributed by atoms with Crippen LogP contribution in [-0.2, 0) is 11.0 Å². The van der Waals surface area contributed by atoms with Crippen molar-refractivity contribution < 1.29 is 23.1 Å². The highest BCUT2D eigenvalue weighted by molar-refractivity contribution is 5.71. The van der Waals surface area contributed by atoms with Crippen molar-refractivity contribution in [2.75, 3.05) is 18.0 Å². The van der Waals surface area contributed by atoms with Gasteiger partial charge in [-0.1, -0.05) is 0 Å². The van der Waals surface area contributed by atoms with Crippen LogP contribution in [0.25, 0.3) is 0 Å². The predicted octanol–water partition coefficient (Wildman–Crippen LogP) is 1.80. The molecule has 0 unspecified atom stereocenters. The Kier molecular flexibility index (Phi) is 3.59. The molecule has 1 N–H and O–H groups in total. The van der Waals surface area contributed by atoms with Gasteiger partial charge in [0.05, 0.1) is 5.92 Å². The molecule has 0 aromatic carbocycles. The molecular formula is C11H12F3N3O2. The Hall–Kier alpha value is -1.86. The number of carboxylic acids is 1. The Morgan fingerprint density at radius 2 is 2.16 bits per heavy atom. The first kappa shape index (κ1) is 13.6. The lowest BCUT2D eigenvalue weighted by atomic mass is 9.98. The summed E-state index contributed by atoms with van der Waals surface area (Å²) >= 11 is 0. The van der Waals surface area contributed by atoms with E-state index in [1.165, 1.54) is 0 Å². The molecule has 0 amide bonds. The highest BCUT2D eigenvalue weighted by atomic mass is 19.4. The molecule has 1 atom stereocenters. The van der Waals surface area contributed by atoms with Crippen LogP contribution in [0.2, 0.25) is 0 Å². The molecule has 1 aliphatic heterocycles. The van der Waals surface area contributed by atoms with Gasteiger partial charge in [0.15, 0.2) is 0 Å². The van der Waals surface area contributed by atoms with Gasteiger partial charge < -0.3 is 10.0 Å². The molecule has 5 nitrogen and oxygen atoms in total. The van der Waals surface area contributed by atoms with Crippen molar-refractivity contribution in [2.24, 2.45) is 5.92 Å². The third kappa shape index (κ3) is 3.12. The zero-order valence-corrected chi connectivity index (χ0v) is 9.89. The summed E-state index contributed by atoms with van der Waals surface area (Å²) in [6.07, 6.45) is -2.53. The number of alkyl halides is 3. The van der Waals surface area contributed by atoms with Crippen LogP contribution in [0.4, 0.5) is 19.0 Å². The number of halogens is 3. The van der Waals surface area contributed by atoms with Crippen molar-refractivity contribution >= 4 is 11.8 Å². The number of carboxylic acid groups (broad SMARTS) is 1. The van der Waals surface area contributed by atoms with Crippen molar-refractivity contribution in [1.29, 1.82) is 0 Å². The molecule has 1 aromatic heterocycles. The van der Waals surface area contributed by atoms with Gasteiger partial charge in [0.1, 0.15) is 17.8 Å². The van der Waals surface area contributed by atoms with Crippen LogP contribution < -0.4 is 4.90 Å². The van der Waals surface area contributed by atoms with Crippen LogP contribution in [0.1, 0.15) is 18.5 Å². The fraction of sp³-hybridized carbons (Fsp3) is 0.545. The summed E-state index contributed by atoms with van der Waals surface area (Å²) in [7, 11) is 0. The summed E-state index contributed by atoms with van der Waals surface area (Å²) in [6.45, 7) is 0.668. The smallest absolute Gasteiger partial charge is 0.433 e. The molecule has 19 heavy (non-hydrogen) atoms. The summed E-state index contributed by atoms with van der Waals surface area (Å²) in [5.41, 5.74) is -1.02. The molecular weight excluding hydrogens is 263 g/mol. The summed E-state index contributed by atoms with van der Waals surface area (Å²) in [4.78, 5) is 19.4. The first-order valence-electron chi connectivity index (χ1n) is 5.75. The average Bonchev–Trinajstić information content (AvgIpc) is 2.38. The van der Waals surface area contributed by atoms with Gasteiger partial charge in [-0.2, -0.15) is 13.2 Å². The molecule has 0 spiro atoms. The largest absolute Gasteiger partial charge is 0.481 e. The highest BCUT2D eigenvalue weighted by Crippen LogP contribution is 2.30. The molecule has 1 aliphatic rings. The topological polar surface area (TPSA) is 66.3 Å². The maximum atomic E-state index is 12.5. The molecule has 0 saturated carbocycles. The Bertz CT molecular complexity index is 478. The minimum atomic E-state index is -4.53. The minimum absolute atomic E-state index is 0.119. The summed E-state index contributed by atoms with van der Waals surface area (Å²) in [5, 5.41) is 8.95. The van der Waals surface area contributed by atoms with Crippen LogP contribution in [-0.4, -0.2) is 34.1 Å². The van der Waals surface area contributed by atoms with Crippen LogP contribution in [0.3, 0.4) is 0 Å². The van der Waals surface area contributed by atoms with E-state index in [4.69, 9.17) is 5.11 Å². The first-order chi connectivity index (χ1) is 8.88. The molecule has 1 fully saturated rings. The monoisotopic (exact) mass is 275 g/mol. The van der Waals surface area contributed by atoms with E-state index in [2.05, 4.69) is 9.97 Å². The van der Waals surface area contributed by atoms with Crippen LogP contribution in [0.5, 0.6) is 0 Å². The number of rotatable bonds is 2.